The number of likely N-dealkylation sites (N-methyl/N-ethyl adjacent to an activating group) is 1. The number of nitrogens with zero attached hydrogens (tertiary/aromatic N) is 3. The standard InChI is InChI=1S/C22H28N4O3/c1-24-20(28)22(26(21(24)29)14-15-5-3-2-4-6-15)9-11-25(12-10-22)19(27)17-13-16-7-8-18(17)23-16/h2-6,16-18,23H,7-14H2,1H3/t16-,17+,18+/m1/s1. The number of benzene rings is 1. The van der Waals surface area contributed by atoms with Crippen LogP contribution in [0.4, 0.5) is 4.79 Å². The van der Waals surface area contributed by atoms with Crippen molar-refractivity contribution in [3.63, 3.8) is 0 Å². The van der Waals surface area contributed by atoms with Crippen molar-refractivity contribution in [1.82, 2.24) is 20.0 Å². The second-order valence-corrected chi connectivity index (χ2v) is 8.96. The van der Waals surface area contributed by atoms with E-state index in [0.717, 1.165) is 18.4 Å². The Labute approximate surface area is 171 Å². The molecule has 7 heteroatoms. The Morgan fingerprint density at radius 1 is 1.14 bits per heavy atom. The minimum absolute atomic E-state index is 0.0757. The molecule has 4 aliphatic heterocycles. The minimum Gasteiger partial charge on any atom is -0.342 e. The molecule has 0 aliphatic carbocycles. The second kappa shape index (κ2) is 6.83. The largest absolute Gasteiger partial charge is 0.342 e. The molecule has 2 bridgehead atoms. The number of hydrogen-bond donors (Lipinski definition) is 1. The fraction of sp³-hybridized carbons (Fsp3) is 0.591. The van der Waals surface area contributed by atoms with Gasteiger partial charge in [-0.05, 0) is 37.7 Å². The fourth-order valence-corrected chi connectivity index (χ4v) is 5.78. The van der Waals surface area contributed by atoms with E-state index in [4.69, 9.17) is 0 Å². The zero-order valence-electron chi connectivity index (χ0n) is 16.8. The zero-order valence-corrected chi connectivity index (χ0v) is 16.8. The van der Waals surface area contributed by atoms with E-state index in [1.54, 1.807) is 11.9 Å². The number of rotatable bonds is 3. The van der Waals surface area contributed by atoms with Crippen LogP contribution in [0.1, 0.15) is 37.7 Å². The Morgan fingerprint density at radius 3 is 2.48 bits per heavy atom. The van der Waals surface area contributed by atoms with Crippen LogP contribution in [0.2, 0.25) is 0 Å². The molecule has 1 N–H and O–H groups in total. The predicted octanol–water partition coefficient (Wildman–Crippen LogP) is 1.58. The SMILES string of the molecule is CN1C(=O)N(Cc2ccccc2)C2(CCN(C(=O)[C@H]3C[C@H]4CC[C@@H]3N4)CC2)C1=O. The van der Waals surface area contributed by atoms with Gasteiger partial charge in [-0.1, -0.05) is 30.3 Å². The van der Waals surface area contributed by atoms with Gasteiger partial charge in [0.1, 0.15) is 5.54 Å². The highest BCUT2D eigenvalue weighted by atomic mass is 16.2. The molecular formula is C22H28N4O3. The number of fused-ring (bicyclic) bond motifs is 2. The smallest absolute Gasteiger partial charge is 0.327 e. The molecule has 154 valence electrons. The molecule has 1 aromatic carbocycles. The summed E-state index contributed by atoms with van der Waals surface area (Å²) in [6.07, 6.45) is 4.21. The normalized spacial score (nSPS) is 30.7. The first kappa shape index (κ1) is 18.6. The molecule has 4 amide bonds. The lowest BCUT2D eigenvalue weighted by Gasteiger charge is -2.43. The molecule has 5 rings (SSSR count). The molecule has 4 saturated heterocycles. The van der Waals surface area contributed by atoms with Crippen molar-refractivity contribution in [2.24, 2.45) is 5.92 Å². The number of likely N-dealkylation sites (tertiary alicyclic amines) is 1. The summed E-state index contributed by atoms with van der Waals surface area (Å²) in [6, 6.07) is 10.4. The van der Waals surface area contributed by atoms with Gasteiger partial charge in [0.2, 0.25) is 5.91 Å². The molecule has 1 aromatic rings. The monoisotopic (exact) mass is 396 g/mol. The van der Waals surface area contributed by atoms with Crippen LogP contribution in [-0.4, -0.2) is 70.3 Å². The van der Waals surface area contributed by atoms with Crippen molar-refractivity contribution in [3.05, 3.63) is 35.9 Å². The third-order valence-electron chi connectivity index (χ3n) is 7.44. The van der Waals surface area contributed by atoms with Crippen molar-refractivity contribution >= 4 is 17.8 Å². The lowest BCUT2D eigenvalue weighted by molar-refractivity contribution is -0.143. The van der Waals surface area contributed by atoms with Crippen LogP contribution in [0.15, 0.2) is 30.3 Å². The molecule has 4 aliphatic rings. The summed E-state index contributed by atoms with van der Waals surface area (Å²) >= 11 is 0. The van der Waals surface area contributed by atoms with E-state index in [2.05, 4.69) is 5.32 Å². The first-order chi connectivity index (χ1) is 14.0. The van der Waals surface area contributed by atoms with Crippen LogP contribution in [0.5, 0.6) is 0 Å². The minimum atomic E-state index is -0.828. The summed E-state index contributed by atoms with van der Waals surface area (Å²) in [5.41, 5.74) is 0.181. The molecular weight excluding hydrogens is 368 g/mol. The maximum absolute atomic E-state index is 13.1. The number of urea groups is 1. The lowest BCUT2D eigenvalue weighted by atomic mass is 9.83. The van der Waals surface area contributed by atoms with Crippen molar-refractivity contribution in [3.8, 4) is 0 Å². The number of carbonyl (C=O) groups excluding carboxylic acids is 3. The molecule has 0 radical (unpaired) electrons. The number of nitrogens with one attached hydrogen (secondary N) is 1. The topological polar surface area (TPSA) is 73.0 Å². The van der Waals surface area contributed by atoms with Gasteiger partial charge >= 0.3 is 6.03 Å². The van der Waals surface area contributed by atoms with Gasteiger partial charge in [-0.2, -0.15) is 0 Å². The number of amides is 4. The molecule has 4 fully saturated rings. The Morgan fingerprint density at radius 2 is 1.86 bits per heavy atom. The van der Waals surface area contributed by atoms with E-state index >= 15 is 0 Å². The van der Waals surface area contributed by atoms with Crippen LogP contribution in [-0.2, 0) is 16.1 Å². The Bertz CT molecular complexity index is 834. The molecule has 3 atom stereocenters. The van der Waals surface area contributed by atoms with E-state index in [0.29, 0.717) is 44.6 Å². The lowest BCUT2D eigenvalue weighted by Crippen LogP contribution is -2.58. The van der Waals surface area contributed by atoms with Crippen molar-refractivity contribution in [2.45, 2.75) is 56.3 Å². The molecule has 7 nitrogen and oxygen atoms in total. The summed E-state index contributed by atoms with van der Waals surface area (Å²) in [4.78, 5) is 43.9. The van der Waals surface area contributed by atoms with Gasteiger partial charge in [0.25, 0.3) is 5.91 Å². The third-order valence-corrected chi connectivity index (χ3v) is 7.44. The number of carbonyl (C=O) groups is 3. The summed E-state index contributed by atoms with van der Waals surface area (Å²) < 4.78 is 0. The van der Waals surface area contributed by atoms with Crippen LogP contribution in [0, 0.1) is 5.92 Å². The summed E-state index contributed by atoms with van der Waals surface area (Å²) in [5, 5.41) is 3.54. The summed E-state index contributed by atoms with van der Waals surface area (Å²) in [7, 11) is 1.57. The summed E-state index contributed by atoms with van der Waals surface area (Å²) in [6.45, 7) is 1.48. The second-order valence-electron chi connectivity index (χ2n) is 8.96. The molecule has 1 spiro atoms. The Balaban J connectivity index is 1.32. The zero-order chi connectivity index (χ0) is 20.2. The Hall–Kier alpha value is -2.41. The average molecular weight is 396 g/mol. The van der Waals surface area contributed by atoms with E-state index in [1.807, 2.05) is 35.2 Å². The third kappa shape index (κ3) is 2.86. The van der Waals surface area contributed by atoms with Gasteiger partial charge in [-0.25, -0.2) is 4.79 Å². The number of imide groups is 1. The molecule has 0 saturated carbocycles. The van der Waals surface area contributed by atoms with Gasteiger partial charge in [0, 0.05) is 38.8 Å². The van der Waals surface area contributed by atoms with E-state index in [9.17, 15) is 14.4 Å². The summed E-state index contributed by atoms with van der Waals surface area (Å²) in [5.74, 6) is 0.165. The quantitative estimate of drug-likeness (QED) is 0.788. The average Bonchev–Trinajstić information content (AvgIpc) is 3.43. The van der Waals surface area contributed by atoms with E-state index < -0.39 is 5.54 Å². The van der Waals surface area contributed by atoms with Crippen molar-refractivity contribution in [2.75, 3.05) is 20.1 Å². The van der Waals surface area contributed by atoms with Gasteiger partial charge in [-0.15, -0.1) is 0 Å². The highest BCUT2D eigenvalue weighted by Gasteiger charge is 2.57. The van der Waals surface area contributed by atoms with Gasteiger partial charge in [-0.3, -0.25) is 14.5 Å². The van der Waals surface area contributed by atoms with Crippen LogP contribution in [0.25, 0.3) is 0 Å². The highest BCUT2D eigenvalue weighted by molar-refractivity contribution is 6.06. The molecule has 0 aromatic heterocycles. The van der Waals surface area contributed by atoms with Gasteiger partial charge in [0.05, 0.1) is 5.92 Å². The van der Waals surface area contributed by atoms with E-state index in [1.165, 1.54) is 11.3 Å². The molecule has 0 unspecified atom stereocenters. The van der Waals surface area contributed by atoms with Gasteiger partial charge in [0.15, 0.2) is 0 Å². The van der Waals surface area contributed by atoms with Gasteiger partial charge < -0.3 is 15.1 Å². The first-order valence-corrected chi connectivity index (χ1v) is 10.7. The first-order valence-electron chi connectivity index (χ1n) is 10.7. The fourth-order valence-electron chi connectivity index (χ4n) is 5.78. The van der Waals surface area contributed by atoms with Crippen LogP contribution in [0.3, 0.4) is 0 Å². The van der Waals surface area contributed by atoms with Crippen LogP contribution >= 0.6 is 0 Å². The van der Waals surface area contributed by atoms with Crippen molar-refractivity contribution in [1.29, 1.82) is 0 Å². The number of piperidine rings is 1. The van der Waals surface area contributed by atoms with E-state index in [-0.39, 0.29) is 23.8 Å². The molecule has 4 heterocycles. The molecule has 29 heavy (non-hydrogen) atoms. The maximum Gasteiger partial charge on any atom is 0.327 e. The number of hydrogen-bond acceptors (Lipinski definition) is 4. The van der Waals surface area contributed by atoms with Crippen molar-refractivity contribution < 1.29 is 14.4 Å². The Kier molecular flexibility index (Phi) is 4.38. The maximum atomic E-state index is 13.1. The predicted molar refractivity (Wildman–Crippen MR) is 107 cm³/mol. The van der Waals surface area contributed by atoms with Crippen LogP contribution < -0.4 is 5.32 Å². The highest BCUT2D eigenvalue weighted by Crippen LogP contribution is 2.40.